The molecule has 0 radical (unpaired) electrons. The van der Waals surface area contributed by atoms with Crippen LogP contribution in [0.3, 0.4) is 0 Å². The Kier molecular flexibility index (Phi) is 4.19. The Hall–Kier alpha value is -2.68. The van der Waals surface area contributed by atoms with E-state index < -0.39 is 0 Å². The van der Waals surface area contributed by atoms with Crippen molar-refractivity contribution >= 4 is 64.2 Å². The first kappa shape index (κ1) is 18.1. The average molecular weight is 512 g/mol. The second-order valence-corrected chi connectivity index (χ2v) is 9.32. The van der Waals surface area contributed by atoms with Crippen LogP contribution in [0.1, 0.15) is 0 Å². The smallest absolute Gasteiger partial charge is 0.0265 e. The van der Waals surface area contributed by atoms with Crippen LogP contribution in [0, 0.1) is 0 Å². The molecule has 0 fully saturated rings. The Morgan fingerprint density at radius 2 is 0.800 bits per heavy atom. The molecule has 0 unspecified atom stereocenters. The molecule has 0 heterocycles. The van der Waals surface area contributed by atoms with Crippen molar-refractivity contribution in [3.05, 3.63) is 106 Å². The van der Waals surface area contributed by atoms with Gasteiger partial charge < -0.3 is 0 Å². The Morgan fingerprint density at radius 3 is 1.27 bits per heavy atom. The van der Waals surface area contributed by atoms with Gasteiger partial charge in [0.1, 0.15) is 0 Å². The Labute approximate surface area is 191 Å². The number of rotatable bonds is 2. The van der Waals surface area contributed by atoms with E-state index in [-0.39, 0.29) is 0 Å². The van der Waals surface area contributed by atoms with Crippen molar-refractivity contribution in [3.63, 3.8) is 0 Å². The molecule has 0 saturated carbocycles. The summed E-state index contributed by atoms with van der Waals surface area (Å²) in [6, 6.07) is 35.0. The summed E-state index contributed by atoms with van der Waals surface area (Å²) in [5.41, 5.74) is 5.02. The van der Waals surface area contributed by atoms with Gasteiger partial charge in [0.15, 0.2) is 0 Å². The van der Waals surface area contributed by atoms with E-state index in [1.54, 1.807) is 0 Å². The first-order chi connectivity index (χ1) is 14.7. The fourth-order valence-corrected chi connectivity index (χ4v) is 6.05. The minimum absolute atomic E-state index is 1.11. The monoisotopic (exact) mass is 510 g/mol. The van der Waals surface area contributed by atoms with Gasteiger partial charge in [-0.15, -0.1) is 0 Å². The maximum Gasteiger partial charge on any atom is 0.0265 e. The topological polar surface area (TPSA) is 0 Å². The van der Waals surface area contributed by atoms with Gasteiger partial charge in [-0.1, -0.05) is 117 Å². The van der Waals surface area contributed by atoms with E-state index >= 15 is 0 Å². The van der Waals surface area contributed by atoms with E-state index in [4.69, 9.17) is 0 Å². The molecule has 0 aromatic heterocycles. The second kappa shape index (κ2) is 6.94. The molecule has 6 rings (SSSR count). The van der Waals surface area contributed by atoms with Crippen molar-refractivity contribution in [2.45, 2.75) is 0 Å². The lowest BCUT2D eigenvalue weighted by molar-refractivity contribution is 1.63. The molecule has 6 aromatic rings. The average Bonchev–Trinajstić information content (AvgIpc) is 2.80. The highest BCUT2D eigenvalue weighted by atomic mass is 79.9. The van der Waals surface area contributed by atoms with Crippen molar-refractivity contribution < 1.29 is 0 Å². The molecule has 0 bridgehead atoms. The number of benzene rings is 6. The van der Waals surface area contributed by atoms with Gasteiger partial charge in [-0.05, 0) is 66.7 Å². The third kappa shape index (κ3) is 2.64. The zero-order chi connectivity index (χ0) is 20.2. The Balaban J connectivity index is 1.88. The lowest BCUT2D eigenvalue weighted by Gasteiger charge is -2.19. The summed E-state index contributed by atoms with van der Waals surface area (Å²) >= 11 is 7.58. The molecule has 0 amide bonds. The van der Waals surface area contributed by atoms with Crippen molar-refractivity contribution in [2.75, 3.05) is 0 Å². The second-order valence-electron chi connectivity index (χ2n) is 7.62. The summed E-state index contributed by atoms with van der Waals surface area (Å²) < 4.78 is 2.23. The third-order valence-electron chi connectivity index (χ3n) is 5.97. The molecule has 0 aliphatic carbocycles. The molecule has 0 atom stereocenters. The molecule has 0 spiro atoms. The molecule has 142 valence electrons. The van der Waals surface area contributed by atoms with Crippen LogP contribution in [0.5, 0.6) is 0 Å². The van der Waals surface area contributed by atoms with Gasteiger partial charge in [0.25, 0.3) is 0 Å². The highest BCUT2D eigenvalue weighted by Gasteiger charge is 2.18. The highest BCUT2D eigenvalue weighted by molar-refractivity contribution is 9.11. The SMILES string of the molecule is Brc1cc(Br)c2ccc3c(-c4ccccc4)cc(-c4ccccc4)c4ccc1c2c43. The maximum absolute atomic E-state index is 3.79. The predicted molar refractivity (Wildman–Crippen MR) is 136 cm³/mol. The first-order valence-electron chi connectivity index (χ1n) is 9.93. The maximum atomic E-state index is 3.79. The fraction of sp³-hybridized carbons (Fsp3) is 0. The first-order valence-corrected chi connectivity index (χ1v) is 11.5. The minimum atomic E-state index is 1.11. The zero-order valence-electron chi connectivity index (χ0n) is 16.0. The van der Waals surface area contributed by atoms with Crippen LogP contribution in [-0.2, 0) is 0 Å². The van der Waals surface area contributed by atoms with Gasteiger partial charge >= 0.3 is 0 Å². The van der Waals surface area contributed by atoms with Gasteiger partial charge in [-0.2, -0.15) is 0 Å². The van der Waals surface area contributed by atoms with E-state index in [1.165, 1.54) is 54.6 Å². The van der Waals surface area contributed by atoms with Gasteiger partial charge in [0, 0.05) is 8.95 Å². The van der Waals surface area contributed by atoms with Crippen molar-refractivity contribution in [2.24, 2.45) is 0 Å². The van der Waals surface area contributed by atoms with Gasteiger partial charge in [-0.3, -0.25) is 0 Å². The van der Waals surface area contributed by atoms with Crippen LogP contribution in [0.2, 0.25) is 0 Å². The van der Waals surface area contributed by atoms with Crippen LogP contribution in [0.25, 0.3) is 54.6 Å². The van der Waals surface area contributed by atoms with E-state index in [2.05, 4.69) is 129 Å². The van der Waals surface area contributed by atoms with Crippen molar-refractivity contribution in [3.8, 4) is 22.3 Å². The lowest BCUT2D eigenvalue weighted by Crippen LogP contribution is -1.92. The van der Waals surface area contributed by atoms with E-state index in [9.17, 15) is 0 Å². The highest BCUT2D eigenvalue weighted by Crippen LogP contribution is 2.46. The largest absolute Gasteiger partial charge is 0.0622 e. The van der Waals surface area contributed by atoms with E-state index in [1.807, 2.05) is 0 Å². The van der Waals surface area contributed by atoms with Crippen molar-refractivity contribution in [1.29, 1.82) is 0 Å². The summed E-state index contributed by atoms with van der Waals surface area (Å²) in [5.74, 6) is 0. The van der Waals surface area contributed by atoms with Gasteiger partial charge in [-0.25, -0.2) is 0 Å². The quantitative estimate of drug-likeness (QED) is 0.203. The van der Waals surface area contributed by atoms with Crippen LogP contribution < -0.4 is 0 Å². The number of hydrogen-bond acceptors (Lipinski definition) is 0. The van der Waals surface area contributed by atoms with Crippen LogP contribution in [0.15, 0.2) is 106 Å². The molecular formula is C28H16Br2. The molecule has 0 saturated heterocycles. The molecular weight excluding hydrogens is 496 g/mol. The van der Waals surface area contributed by atoms with Crippen molar-refractivity contribution in [1.82, 2.24) is 0 Å². The van der Waals surface area contributed by atoms with Gasteiger partial charge in [0.2, 0.25) is 0 Å². The molecule has 0 aliphatic heterocycles. The lowest BCUT2D eigenvalue weighted by atomic mass is 9.85. The number of hydrogen-bond donors (Lipinski definition) is 0. The standard InChI is InChI=1S/C28H16Br2/c29-25-16-26(30)22-14-12-20-24(18-9-5-2-6-10-18)15-23(17-7-3-1-4-8-17)19-11-13-21(25)28(22)27(19)20/h1-16H. The molecule has 6 aromatic carbocycles. The zero-order valence-corrected chi connectivity index (χ0v) is 19.2. The Morgan fingerprint density at radius 1 is 0.400 bits per heavy atom. The summed E-state index contributed by atoms with van der Waals surface area (Å²) in [7, 11) is 0. The number of halogens is 2. The third-order valence-corrected chi connectivity index (χ3v) is 7.28. The molecule has 0 aliphatic rings. The molecule has 2 heteroatoms. The predicted octanol–water partition coefficient (Wildman–Crippen LogP) is 9.44. The summed E-state index contributed by atoms with van der Waals surface area (Å²) in [5, 5.41) is 7.71. The minimum Gasteiger partial charge on any atom is -0.0622 e. The van der Waals surface area contributed by atoms with Gasteiger partial charge in [0.05, 0.1) is 0 Å². The normalized spacial score (nSPS) is 11.7. The molecule has 30 heavy (non-hydrogen) atoms. The molecule has 0 N–H and O–H groups in total. The van der Waals surface area contributed by atoms with E-state index in [0.717, 1.165) is 8.95 Å². The molecule has 0 nitrogen and oxygen atoms in total. The van der Waals surface area contributed by atoms with Crippen LogP contribution >= 0.6 is 31.9 Å². The van der Waals surface area contributed by atoms with E-state index in [0.29, 0.717) is 0 Å². The van der Waals surface area contributed by atoms with Crippen LogP contribution in [0.4, 0.5) is 0 Å². The fourth-order valence-electron chi connectivity index (χ4n) is 4.62. The summed E-state index contributed by atoms with van der Waals surface area (Å²) in [6.45, 7) is 0. The summed E-state index contributed by atoms with van der Waals surface area (Å²) in [4.78, 5) is 0. The Bertz CT molecular complexity index is 1420. The summed E-state index contributed by atoms with van der Waals surface area (Å²) in [6.07, 6.45) is 0. The van der Waals surface area contributed by atoms with Crippen LogP contribution in [-0.4, -0.2) is 0 Å².